The summed E-state index contributed by atoms with van der Waals surface area (Å²) in [5.41, 5.74) is 0.246. The Morgan fingerprint density at radius 2 is 2.16 bits per heavy atom. The fourth-order valence-electron chi connectivity index (χ4n) is 1.91. The normalized spacial score (nSPS) is 12.4. The first-order valence-electron chi connectivity index (χ1n) is 6.42. The monoisotopic (exact) mass is 268 g/mol. The highest BCUT2D eigenvalue weighted by Gasteiger charge is 2.17. The van der Waals surface area contributed by atoms with Crippen LogP contribution in [0.4, 0.5) is 0 Å². The summed E-state index contributed by atoms with van der Waals surface area (Å²) in [6.07, 6.45) is 1.10. The third-order valence-corrected chi connectivity index (χ3v) is 2.79. The van der Waals surface area contributed by atoms with Gasteiger partial charge in [0.25, 0.3) is 5.56 Å². The van der Waals surface area contributed by atoms with E-state index in [0.29, 0.717) is 18.1 Å². The van der Waals surface area contributed by atoms with Crippen molar-refractivity contribution in [1.29, 1.82) is 0 Å². The first-order valence-corrected chi connectivity index (χ1v) is 6.42. The van der Waals surface area contributed by atoms with Crippen molar-refractivity contribution < 1.29 is 14.6 Å². The Kier molecular flexibility index (Phi) is 5.69. The van der Waals surface area contributed by atoms with Gasteiger partial charge < -0.3 is 14.8 Å². The number of nitrogens with zero attached hydrogens (tertiary/aromatic N) is 1. The third kappa shape index (κ3) is 4.17. The Morgan fingerprint density at radius 3 is 2.63 bits per heavy atom. The molecule has 0 saturated heterocycles. The number of aromatic amines is 1. The molecule has 2 N–H and O–H groups in total. The topological polar surface area (TPSA) is 92.3 Å². The summed E-state index contributed by atoms with van der Waals surface area (Å²) in [6, 6.07) is 0. The van der Waals surface area contributed by atoms with Gasteiger partial charge in [-0.15, -0.1) is 0 Å². The Balaban J connectivity index is 3.11. The Morgan fingerprint density at radius 1 is 1.47 bits per heavy atom. The molecule has 0 aromatic carbocycles. The minimum atomic E-state index is -1.04. The van der Waals surface area contributed by atoms with Crippen LogP contribution in [0.15, 0.2) is 4.79 Å². The molecule has 6 heteroatoms. The van der Waals surface area contributed by atoms with Crippen molar-refractivity contribution in [2.24, 2.45) is 0 Å². The minimum absolute atomic E-state index is 0.197. The second-order valence-electron chi connectivity index (χ2n) is 4.32. The van der Waals surface area contributed by atoms with Crippen molar-refractivity contribution >= 4 is 5.97 Å². The van der Waals surface area contributed by atoms with E-state index in [1.165, 1.54) is 0 Å². The summed E-state index contributed by atoms with van der Waals surface area (Å²) < 4.78 is 5.55. The van der Waals surface area contributed by atoms with E-state index in [9.17, 15) is 9.59 Å². The van der Waals surface area contributed by atoms with E-state index in [-0.39, 0.29) is 18.1 Å². The van der Waals surface area contributed by atoms with E-state index in [2.05, 4.69) is 9.97 Å². The molecule has 1 rings (SSSR count). The molecule has 1 aromatic rings. The van der Waals surface area contributed by atoms with E-state index < -0.39 is 11.5 Å². The Bertz CT molecular complexity index is 490. The zero-order valence-corrected chi connectivity index (χ0v) is 11.5. The largest absolute Gasteiger partial charge is 0.481 e. The van der Waals surface area contributed by atoms with Crippen molar-refractivity contribution in [3.8, 4) is 0 Å². The second-order valence-corrected chi connectivity index (χ2v) is 4.32. The molecule has 1 heterocycles. The molecule has 0 aliphatic carbocycles. The van der Waals surface area contributed by atoms with Gasteiger partial charge >= 0.3 is 5.97 Å². The van der Waals surface area contributed by atoms with Crippen LogP contribution in [0.2, 0.25) is 0 Å². The lowest BCUT2D eigenvalue weighted by Gasteiger charge is -2.16. The smallest absolute Gasteiger partial charge is 0.308 e. The third-order valence-electron chi connectivity index (χ3n) is 2.79. The van der Waals surface area contributed by atoms with Gasteiger partial charge in [-0.3, -0.25) is 9.59 Å². The molecule has 0 spiro atoms. The maximum absolute atomic E-state index is 11.9. The molecular weight excluding hydrogens is 248 g/mol. The van der Waals surface area contributed by atoms with Crippen molar-refractivity contribution in [2.45, 2.75) is 46.1 Å². The molecule has 1 unspecified atom stereocenters. The van der Waals surface area contributed by atoms with Crippen LogP contribution in [0.1, 0.15) is 49.9 Å². The number of nitrogens with one attached hydrogen (secondary N) is 1. The molecule has 0 aliphatic heterocycles. The summed E-state index contributed by atoms with van der Waals surface area (Å²) in [4.78, 5) is 29.5. The maximum Gasteiger partial charge on any atom is 0.308 e. The van der Waals surface area contributed by atoms with E-state index in [4.69, 9.17) is 9.84 Å². The fourth-order valence-corrected chi connectivity index (χ4v) is 1.91. The van der Waals surface area contributed by atoms with Gasteiger partial charge in [0.15, 0.2) is 0 Å². The zero-order valence-electron chi connectivity index (χ0n) is 11.5. The van der Waals surface area contributed by atoms with Crippen LogP contribution in [0.5, 0.6) is 0 Å². The van der Waals surface area contributed by atoms with Gasteiger partial charge in [0.1, 0.15) is 11.9 Å². The SMILES string of the molecule is CCCC(OCC)c1nc(C)c(CC(=O)O)c(=O)[nH]1. The highest BCUT2D eigenvalue weighted by Crippen LogP contribution is 2.19. The second kappa shape index (κ2) is 7.04. The number of rotatable bonds is 7. The Labute approximate surface area is 111 Å². The van der Waals surface area contributed by atoms with Gasteiger partial charge in [-0.2, -0.15) is 0 Å². The van der Waals surface area contributed by atoms with Crippen molar-refractivity contribution in [1.82, 2.24) is 9.97 Å². The number of carbonyl (C=O) groups is 1. The summed E-state index contributed by atoms with van der Waals surface area (Å²) >= 11 is 0. The van der Waals surface area contributed by atoms with Gasteiger partial charge in [-0.25, -0.2) is 4.98 Å². The number of aryl methyl sites for hydroxylation is 1. The number of carboxylic acids is 1. The van der Waals surface area contributed by atoms with Gasteiger partial charge in [0.2, 0.25) is 0 Å². The number of hydrogen-bond acceptors (Lipinski definition) is 4. The lowest BCUT2D eigenvalue weighted by atomic mass is 10.1. The van der Waals surface area contributed by atoms with Crippen LogP contribution < -0.4 is 5.56 Å². The highest BCUT2D eigenvalue weighted by molar-refractivity contribution is 5.70. The molecule has 0 saturated carbocycles. The first-order chi connectivity index (χ1) is 8.99. The fraction of sp³-hybridized carbons (Fsp3) is 0.615. The van der Waals surface area contributed by atoms with Gasteiger partial charge in [0.05, 0.1) is 6.42 Å². The van der Waals surface area contributed by atoms with E-state index in [1.807, 2.05) is 13.8 Å². The molecule has 0 amide bonds. The summed E-state index contributed by atoms with van der Waals surface area (Å²) in [7, 11) is 0. The van der Waals surface area contributed by atoms with Crippen LogP contribution >= 0.6 is 0 Å². The van der Waals surface area contributed by atoms with Crippen molar-refractivity contribution in [2.75, 3.05) is 6.61 Å². The zero-order chi connectivity index (χ0) is 14.4. The molecule has 19 heavy (non-hydrogen) atoms. The van der Waals surface area contributed by atoms with Crippen LogP contribution in [-0.2, 0) is 16.0 Å². The molecule has 0 fully saturated rings. The standard InChI is InChI=1S/C13H20N2O4/c1-4-6-10(19-5-2)12-14-8(3)9(7-11(16)17)13(18)15-12/h10H,4-7H2,1-3H3,(H,16,17)(H,14,15,18). The number of ether oxygens (including phenoxy) is 1. The number of aromatic nitrogens is 2. The molecule has 1 atom stereocenters. The van der Waals surface area contributed by atoms with Gasteiger partial charge in [-0.05, 0) is 20.3 Å². The molecule has 106 valence electrons. The first kappa shape index (κ1) is 15.4. The summed E-state index contributed by atoms with van der Waals surface area (Å²) in [5, 5.41) is 8.76. The molecule has 0 aliphatic rings. The molecule has 1 aromatic heterocycles. The molecule has 6 nitrogen and oxygen atoms in total. The predicted octanol–water partition coefficient (Wildman–Crippen LogP) is 1.58. The maximum atomic E-state index is 11.9. The van der Waals surface area contributed by atoms with Crippen LogP contribution in [-0.4, -0.2) is 27.7 Å². The number of carboxylic acid groups (broad SMARTS) is 1. The average molecular weight is 268 g/mol. The van der Waals surface area contributed by atoms with Crippen LogP contribution in [0, 0.1) is 6.92 Å². The van der Waals surface area contributed by atoms with E-state index in [1.54, 1.807) is 6.92 Å². The lowest BCUT2D eigenvalue weighted by molar-refractivity contribution is -0.136. The Hall–Kier alpha value is -1.69. The van der Waals surface area contributed by atoms with Gasteiger partial charge in [0, 0.05) is 17.9 Å². The lowest BCUT2D eigenvalue weighted by Crippen LogP contribution is -2.23. The van der Waals surface area contributed by atoms with Gasteiger partial charge in [-0.1, -0.05) is 13.3 Å². The van der Waals surface area contributed by atoms with E-state index >= 15 is 0 Å². The van der Waals surface area contributed by atoms with Crippen LogP contribution in [0.25, 0.3) is 0 Å². The number of H-pyrrole nitrogens is 1. The quantitative estimate of drug-likeness (QED) is 0.783. The molecule has 0 radical (unpaired) electrons. The summed E-state index contributed by atoms with van der Waals surface area (Å²) in [5.74, 6) is -0.571. The number of aliphatic carboxylic acids is 1. The van der Waals surface area contributed by atoms with Crippen LogP contribution in [0.3, 0.4) is 0 Å². The van der Waals surface area contributed by atoms with Crippen molar-refractivity contribution in [3.63, 3.8) is 0 Å². The predicted molar refractivity (Wildman–Crippen MR) is 70.2 cm³/mol. The molecule has 0 bridgehead atoms. The highest BCUT2D eigenvalue weighted by atomic mass is 16.5. The summed E-state index contributed by atoms with van der Waals surface area (Å²) in [6.45, 7) is 6.08. The minimum Gasteiger partial charge on any atom is -0.481 e. The molecular formula is C13H20N2O4. The van der Waals surface area contributed by atoms with E-state index in [0.717, 1.165) is 12.8 Å². The van der Waals surface area contributed by atoms with Crippen molar-refractivity contribution in [3.05, 3.63) is 27.4 Å². The number of hydrogen-bond donors (Lipinski definition) is 2. The average Bonchev–Trinajstić information content (AvgIpc) is 2.33.